The maximum absolute atomic E-state index is 14.6. The van der Waals surface area contributed by atoms with Crippen LogP contribution >= 0.6 is 0 Å². The summed E-state index contributed by atoms with van der Waals surface area (Å²) in [6.45, 7) is 2.09. The maximum Gasteiger partial charge on any atom is 0.305 e. The summed E-state index contributed by atoms with van der Waals surface area (Å²) in [5, 5.41) is 0. The first-order valence-corrected chi connectivity index (χ1v) is 9.97. The van der Waals surface area contributed by atoms with Crippen LogP contribution in [0.5, 0.6) is 5.75 Å². The highest BCUT2D eigenvalue weighted by Crippen LogP contribution is 2.40. The Morgan fingerprint density at radius 1 is 1.11 bits per heavy atom. The van der Waals surface area contributed by atoms with E-state index < -0.39 is 17.4 Å². The van der Waals surface area contributed by atoms with Crippen LogP contribution in [-0.4, -0.2) is 19.2 Å². The lowest BCUT2D eigenvalue weighted by atomic mass is 9.89. The summed E-state index contributed by atoms with van der Waals surface area (Å²) >= 11 is 0. The predicted molar refractivity (Wildman–Crippen MR) is 104 cm³/mol. The molecule has 1 saturated carbocycles. The number of rotatable bonds is 8. The van der Waals surface area contributed by atoms with Crippen LogP contribution in [0.25, 0.3) is 11.1 Å². The van der Waals surface area contributed by atoms with E-state index in [1.165, 1.54) is 25.0 Å². The van der Waals surface area contributed by atoms with Crippen molar-refractivity contribution in [3.05, 3.63) is 53.6 Å². The molecule has 1 aliphatic rings. The maximum atomic E-state index is 14.6. The molecule has 0 bridgehead atoms. The van der Waals surface area contributed by atoms with Crippen molar-refractivity contribution in [2.45, 2.75) is 51.4 Å². The van der Waals surface area contributed by atoms with Crippen molar-refractivity contribution in [1.82, 2.24) is 0 Å². The molecule has 0 saturated heterocycles. The van der Waals surface area contributed by atoms with Crippen molar-refractivity contribution in [3.63, 3.8) is 0 Å². The molecule has 28 heavy (non-hydrogen) atoms. The second kappa shape index (κ2) is 9.67. The Morgan fingerprint density at radius 2 is 1.79 bits per heavy atom. The van der Waals surface area contributed by atoms with Crippen molar-refractivity contribution >= 4 is 5.97 Å². The van der Waals surface area contributed by atoms with E-state index in [1.54, 1.807) is 6.92 Å². The van der Waals surface area contributed by atoms with Gasteiger partial charge in [-0.3, -0.25) is 4.79 Å². The van der Waals surface area contributed by atoms with E-state index in [2.05, 4.69) is 6.07 Å². The summed E-state index contributed by atoms with van der Waals surface area (Å²) in [7, 11) is 0. The molecule has 0 spiro atoms. The number of benzene rings is 2. The number of esters is 1. The average Bonchev–Trinajstić information content (AvgIpc) is 3.21. The molecule has 3 rings (SSSR count). The van der Waals surface area contributed by atoms with E-state index >= 15 is 0 Å². The van der Waals surface area contributed by atoms with E-state index in [-0.39, 0.29) is 19.0 Å². The van der Waals surface area contributed by atoms with Gasteiger partial charge in [0.05, 0.1) is 13.2 Å². The number of carbonyl (C=O) groups excluding carboxylic acids is 1. The van der Waals surface area contributed by atoms with Crippen LogP contribution in [0, 0.1) is 11.6 Å². The van der Waals surface area contributed by atoms with Crippen molar-refractivity contribution < 1.29 is 23.0 Å². The molecule has 0 aliphatic heterocycles. The molecule has 150 valence electrons. The van der Waals surface area contributed by atoms with Gasteiger partial charge in [0.1, 0.15) is 0 Å². The summed E-state index contributed by atoms with van der Waals surface area (Å²) < 4.78 is 39.2. The van der Waals surface area contributed by atoms with Crippen LogP contribution in [0.4, 0.5) is 8.78 Å². The monoisotopic (exact) mass is 388 g/mol. The lowest BCUT2D eigenvalue weighted by Crippen LogP contribution is -2.08. The topological polar surface area (TPSA) is 35.5 Å². The molecular weight excluding hydrogens is 362 g/mol. The van der Waals surface area contributed by atoms with Crippen LogP contribution < -0.4 is 4.74 Å². The number of hydrogen-bond donors (Lipinski definition) is 0. The zero-order valence-electron chi connectivity index (χ0n) is 16.2. The van der Waals surface area contributed by atoms with Gasteiger partial charge in [-0.25, -0.2) is 8.78 Å². The van der Waals surface area contributed by atoms with Crippen LogP contribution in [-0.2, 0) is 9.53 Å². The van der Waals surface area contributed by atoms with Crippen molar-refractivity contribution in [1.29, 1.82) is 0 Å². The fourth-order valence-corrected chi connectivity index (χ4v) is 3.83. The summed E-state index contributed by atoms with van der Waals surface area (Å²) in [5.41, 5.74) is 2.55. The molecule has 0 radical (unpaired) electrons. The molecule has 0 heterocycles. The SMILES string of the molecule is CCOC(=O)CCCOc1c(F)cc(-c2ccccc2C2CCCC2)cc1F. The van der Waals surface area contributed by atoms with Crippen molar-refractivity contribution in [2.24, 2.45) is 0 Å². The third-order valence-electron chi connectivity index (χ3n) is 5.14. The third-order valence-corrected chi connectivity index (χ3v) is 5.14. The van der Waals surface area contributed by atoms with Gasteiger partial charge in [-0.2, -0.15) is 0 Å². The smallest absolute Gasteiger partial charge is 0.305 e. The van der Waals surface area contributed by atoms with Crippen LogP contribution in [0.1, 0.15) is 56.9 Å². The quantitative estimate of drug-likeness (QED) is 0.410. The van der Waals surface area contributed by atoms with E-state index in [9.17, 15) is 13.6 Å². The van der Waals surface area contributed by atoms with Gasteiger partial charge in [0.15, 0.2) is 17.4 Å². The number of halogens is 2. The second-order valence-electron chi connectivity index (χ2n) is 7.09. The van der Waals surface area contributed by atoms with E-state index in [4.69, 9.17) is 9.47 Å². The Kier molecular flexibility index (Phi) is 7.01. The van der Waals surface area contributed by atoms with Crippen LogP contribution in [0.3, 0.4) is 0 Å². The molecule has 1 aliphatic carbocycles. The molecule has 0 atom stereocenters. The first-order valence-electron chi connectivity index (χ1n) is 9.97. The first kappa shape index (κ1) is 20.3. The Balaban J connectivity index is 1.73. The molecule has 0 N–H and O–H groups in total. The normalized spacial score (nSPS) is 14.2. The molecule has 2 aromatic rings. The lowest BCUT2D eigenvalue weighted by Gasteiger charge is -2.16. The van der Waals surface area contributed by atoms with Crippen LogP contribution in [0.2, 0.25) is 0 Å². The molecular formula is C23H26F2O3. The van der Waals surface area contributed by atoms with Gasteiger partial charge in [0, 0.05) is 6.42 Å². The zero-order chi connectivity index (χ0) is 19.9. The van der Waals surface area contributed by atoms with E-state index in [0.717, 1.165) is 24.0 Å². The second-order valence-corrected chi connectivity index (χ2v) is 7.09. The number of ether oxygens (including phenoxy) is 2. The summed E-state index contributed by atoms with van der Waals surface area (Å²) in [6.07, 6.45) is 5.11. The summed E-state index contributed by atoms with van der Waals surface area (Å²) in [5.74, 6) is -1.75. The fraction of sp³-hybridized carbons (Fsp3) is 0.435. The minimum Gasteiger partial charge on any atom is -0.488 e. The standard InChI is InChI=1S/C23H26F2O3/c1-2-27-22(26)12-7-13-28-23-20(24)14-17(15-21(23)25)19-11-6-5-10-18(19)16-8-3-4-9-16/h5-6,10-11,14-16H,2-4,7-9,12-13H2,1H3. The van der Waals surface area contributed by atoms with Crippen LogP contribution in [0.15, 0.2) is 36.4 Å². The molecule has 5 heteroatoms. The molecule has 3 nitrogen and oxygen atoms in total. The Morgan fingerprint density at radius 3 is 2.46 bits per heavy atom. The Labute approximate surface area is 164 Å². The van der Waals surface area contributed by atoms with Crippen molar-refractivity contribution in [3.8, 4) is 16.9 Å². The Bertz CT molecular complexity index is 790. The highest BCUT2D eigenvalue weighted by Gasteiger charge is 2.21. The van der Waals surface area contributed by atoms with E-state index in [0.29, 0.717) is 24.5 Å². The molecule has 0 aromatic heterocycles. The van der Waals surface area contributed by atoms with Gasteiger partial charge in [-0.15, -0.1) is 0 Å². The number of carbonyl (C=O) groups is 1. The third kappa shape index (κ3) is 4.89. The summed E-state index contributed by atoms with van der Waals surface area (Å²) in [4.78, 5) is 11.3. The van der Waals surface area contributed by atoms with Gasteiger partial charge in [-0.1, -0.05) is 37.1 Å². The average molecular weight is 388 g/mol. The summed E-state index contributed by atoms with van der Waals surface area (Å²) in [6, 6.07) is 10.5. The van der Waals surface area contributed by atoms with Gasteiger partial charge < -0.3 is 9.47 Å². The van der Waals surface area contributed by atoms with Gasteiger partial charge >= 0.3 is 5.97 Å². The van der Waals surface area contributed by atoms with Gasteiger partial charge in [0.2, 0.25) is 0 Å². The van der Waals surface area contributed by atoms with Gasteiger partial charge in [0.25, 0.3) is 0 Å². The Hall–Kier alpha value is -2.43. The molecule has 0 unspecified atom stereocenters. The van der Waals surface area contributed by atoms with E-state index in [1.807, 2.05) is 18.2 Å². The zero-order valence-corrected chi connectivity index (χ0v) is 16.2. The minimum atomic E-state index is -0.729. The molecule has 1 fully saturated rings. The first-order chi connectivity index (χ1) is 13.6. The number of hydrogen-bond acceptors (Lipinski definition) is 3. The molecule has 0 amide bonds. The van der Waals surface area contributed by atoms with Gasteiger partial charge in [-0.05, 0) is 60.9 Å². The fourth-order valence-electron chi connectivity index (χ4n) is 3.83. The predicted octanol–water partition coefficient (Wildman–Crippen LogP) is 6.01. The highest BCUT2D eigenvalue weighted by molar-refractivity contribution is 5.70. The van der Waals surface area contributed by atoms with Crippen molar-refractivity contribution in [2.75, 3.05) is 13.2 Å². The minimum absolute atomic E-state index is 0.0463. The lowest BCUT2D eigenvalue weighted by molar-refractivity contribution is -0.143. The largest absolute Gasteiger partial charge is 0.488 e. The molecule has 2 aromatic carbocycles. The highest BCUT2D eigenvalue weighted by atomic mass is 19.1.